The highest BCUT2D eigenvalue weighted by Crippen LogP contribution is 2.36. The smallest absolute Gasteiger partial charge is 0.494 e. The molecule has 1 aromatic carbocycles. The third kappa shape index (κ3) is 2.96. The van der Waals surface area contributed by atoms with E-state index >= 15 is 0 Å². The molecular weight excluding hydrogens is 265 g/mol. The van der Waals surface area contributed by atoms with Crippen molar-refractivity contribution < 1.29 is 23.2 Å². The van der Waals surface area contributed by atoms with E-state index in [4.69, 9.17) is 9.31 Å². The Bertz CT molecular complexity index is 487. The third-order valence-electron chi connectivity index (χ3n) is 3.92. The Labute approximate surface area is 118 Å². The summed E-state index contributed by atoms with van der Waals surface area (Å²) in [5.41, 5.74) is -0.0955. The van der Waals surface area contributed by atoms with Crippen LogP contribution in [0, 0.1) is 0 Å². The molecule has 0 saturated carbocycles. The fraction of sp³-hybridized carbons (Fsp3) is 0.571. The van der Waals surface area contributed by atoms with E-state index in [2.05, 4.69) is 0 Å². The standard InChI is InChI=1S/C14H19BF2O3/c1-13(2)14(3,4)20-15(19-13)10-5-9(7-12(16)17)6-11(18)8-10/h5-6,8,12,18H,7H2,1-4H3. The molecule has 1 saturated heterocycles. The summed E-state index contributed by atoms with van der Waals surface area (Å²) >= 11 is 0. The van der Waals surface area contributed by atoms with Gasteiger partial charge in [-0.15, -0.1) is 0 Å². The Balaban J connectivity index is 2.28. The highest BCUT2D eigenvalue weighted by atomic mass is 19.3. The Hall–Kier alpha value is -1.14. The van der Waals surface area contributed by atoms with Gasteiger partial charge in [-0.05, 0) is 50.9 Å². The first-order valence-electron chi connectivity index (χ1n) is 6.57. The number of phenols is 1. The molecule has 110 valence electrons. The quantitative estimate of drug-likeness (QED) is 0.867. The van der Waals surface area contributed by atoms with Gasteiger partial charge in [0.15, 0.2) is 0 Å². The van der Waals surface area contributed by atoms with Crippen LogP contribution in [0.25, 0.3) is 0 Å². The number of benzene rings is 1. The summed E-state index contributed by atoms with van der Waals surface area (Å²) in [6, 6.07) is 4.41. The number of hydrogen-bond donors (Lipinski definition) is 1. The maximum absolute atomic E-state index is 12.5. The van der Waals surface area contributed by atoms with Crippen LogP contribution in [-0.4, -0.2) is 29.9 Å². The Morgan fingerprint density at radius 3 is 2.15 bits per heavy atom. The monoisotopic (exact) mass is 284 g/mol. The van der Waals surface area contributed by atoms with Gasteiger partial charge in [0.25, 0.3) is 0 Å². The van der Waals surface area contributed by atoms with Gasteiger partial charge in [-0.2, -0.15) is 0 Å². The molecule has 1 aliphatic heterocycles. The van der Waals surface area contributed by atoms with Crippen molar-refractivity contribution in [3.8, 4) is 5.75 Å². The highest BCUT2D eigenvalue weighted by molar-refractivity contribution is 6.62. The number of halogens is 2. The van der Waals surface area contributed by atoms with Gasteiger partial charge in [-0.25, -0.2) is 8.78 Å². The van der Waals surface area contributed by atoms with Crippen LogP contribution in [0.5, 0.6) is 5.75 Å². The lowest BCUT2D eigenvalue weighted by atomic mass is 9.78. The molecule has 2 rings (SSSR count). The van der Waals surface area contributed by atoms with Gasteiger partial charge in [-0.3, -0.25) is 0 Å². The molecule has 0 aromatic heterocycles. The maximum atomic E-state index is 12.5. The van der Waals surface area contributed by atoms with Crippen molar-refractivity contribution in [1.82, 2.24) is 0 Å². The molecule has 3 nitrogen and oxygen atoms in total. The Morgan fingerprint density at radius 2 is 1.65 bits per heavy atom. The van der Waals surface area contributed by atoms with Crippen LogP contribution >= 0.6 is 0 Å². The van der Waals surface area contributed by atoms with E-state index < -0.39 is 31.2 Å². The number of alkyl halides is 2. The largest absolute Gasteiger partial charge is 0.508 e. The average molecular weight is 284 g/mol. The second-order valence-corrected chi connectivity index (χ2v) is 6.12. The SMILES string of the molecule is CC1(C)OB(c2cc(O)cc(CC(F)F)c2)OC1(C)C. The van der Waals surface area contributed by atoms with Crippen LogP contribution in [-0.2, 0) is 15.7 Å². The Morgan fingerprint density at radius 1 is 1.10 bits per heavy atom. The summed E-state index contributed by atoms with van der Waals surface area (Å²) < 4.78 is 36.6. The van der Waals surface area contributed by atoms with Gasteiger partial charge in [-0.1, -0.05) is 6.07 Å². The zero-order valence-electron chi connectivity index (χ0n) is 12.1. The summed E-state index contributed by atoms with van der Waals surface area (Å²) in [5, 5.41) is 9.67. The summed E-state index contributed by atoms with van der Waals surface area (Å²) in [7, 11) is -0.663. The van der Waals surface area contributed by atoms with E-state index in [1.54, 1.807) is 6.07 Å². The van der Waals surface area contributed by atoms with Crippen molar-refractivity contribution >= 4 is 12.6 Å². The number of aromatic hydroxyl groups is 1. The van der Waals surface area contributed by atoms with Crippen LogP contribution < -0.4 is 5.46 Å². The Kier molecular flexibility index (Phi) is 3.82. The van der Waals surface area contributed by atoms with Crippen molar-refractivity contribution in [1.29, 1.82) is 0 Å². The lowest BCUT2D eigenvalue weighted by molar-refractivity contribution is 0.00578. The molecule has 1 heterocycles. The fourth-order valence-corrected chi connectivity index (χ4v) is 2.11. The molecule has 0 bridgehead atoms. The predicted molar refractivity (Wildman–Crippen MR) is 73.5 cm³/mol. The highest BCUT2D eigenvalue weighted by Gasteiger charge is 2.51. The van der Waals surface area contributed by atoms with E-state index in [0.29, 0.717) is 11.0 Å². The van der Waals surface area contributed by atoms with Crippen LogP contribution in [0.3, 0.4) is 0 Å². The number of phenolic OH excluding ortho intramolecular Hbond substituents is 1. The molecule has 0 radical (unpaired) electrons. The minimum absolute atomic E-state index is 0.0622. The maximum Gasteiger partial charge on any atom is 0.494 e. The zero-order chi connectivity index (χ0) is 15.1. The summed E-state index contributed by atoms with van der Waals surface area (Å²) in [4.78, 5) is 0. The molecule has 1 aliphatic rings. The summed E-state index contributed by atoms with van der Waals surface area (Å²) in [5.74, 6) is -0.0622. The van der Waals surface area contributed by atoms with Crippen molar-refractivity contribution in [2.24, 2.45) is 0 Å². The molecule has 6 heteroatoms. The van der Waals surface area contributed by atoms with Gasteiger partial charge in [0.05, 0.1) is 11.2 Å². The molecule has 0 amide bonds. The summed E-state index contributed by atoms with van der Waals surface area (Å²) in [6.07, 6.45) is -2.86. The molecule has 0 aliphatic carbocycles. The first-order chi connectivity index (χ1) is 9.10. The van der Waals surface area contributed by atoms with Gasteiger partial charge in [0, 0.05) is 6.42 Å². The lowest BCUT2D eigenvalue weighted by Gasteiger charge is -2.32. The van der Waals surface area contributed by atoms with E-state index in [9.17, 15) is 13.9 Å². The first-order valence-corrected chi connectivity index (χ1v) is 6.57. The molecule has 1 fully saturated rings. The van der Waals surface area contributed by atoms with Crippen molar-refractivity contribution in [2.75, 3.05) is 0 Å². The number of rotatable bonds is 3. The molecule has 20 heavy (non-hydrogen) atoms. The van der Waals surface area contributed by atoms with E-state index in [1.165, 1.54) is 12.1 Å². The molecule has 0 unspecified atom stereocenters. The minimum atomic E-state index is -2.46. The average Bonchev–Trinajstić information content (AvgIpc) is 2.46. The van der Waals surface area contributed by atoms with Crippen molar-refractivity contribution in [3.63, 3.8) is 0 Å². The zero-order valence-corrected chi connectivity index (χ0v) is 12.1. The van der Waals surface area contributed by atoms with Crippen LogP contribution in [0.4, 0.5) is 8.78 Å². The van der Waals surface area contributed by atoms with Crippen LogP contribution in [0.1, 0.15) is 33.3 Å². The first kappa shape index (κ1) is 15.3. The van der Waals surface area contributed by atoms with Gasteiger partial charge >= 0.3 is 7.12 Å². The molecule has 1 N–H and O–H groups in total. The topological polar surface area (TPSA) is 38.7 Å². The van der Waals surface area contributed by atoms with E-state index in [1.807, 2.05) is 27.7 Å². The van der Waals surface area contributed by atoms with Gasteiger partial charge < -0.3 is 14.4 Å². The van der Waals surface area contributed by atoms with Gasteiger partial charge in [0.1, 0.15) is 5.75 Å². The van der Waals surface area contributed by atoms with Crippen LogP contribution in [0.2, 0.25) is 0 Å². The van der Waals surface area contributed by atoms with Crippen molar-refractivity contribution in [2.45, 2.75) is 51.7 Å². The van der Waals surface area contributed by atoms with Gasteiger partial charge in [0.2, 0.25) is 6.43 Å². The minimum Gasteiger partial charge on any atom is -0.508 e. The second-order valence-electron chi connectivity index (χ2n) is 6.12. The molecular formula is C14H19BF2O3. The molecule has 0 spiro atoms. The predicted octanol–water partition coefficient (Wildman–Crippen LogP) is 2.50. The van der Waals surface area contributed by atoms with Crippen molar-refractivity contribution in [3.05, 3.63) is 23.8 Å². The third-order valence-corrected chi connectivity index (χ3v) is 3.92. The normalized spacial score (nSPS) is 20.6. The van der Waals surface area contributed by atoms with E-state index in [0.717, 1.165) is 0 Å². The molecule has 0 atom stereocenters. The molecule has 1 aromatic rings. The number of hydrogen-bond acceptors (Lipinski definition) is 3. The summed E-state index contributed by atoms with van der Waals surface area (Å²) in [6.45, 7) is 7.65. The van der Waals surface area contributed by atoms with Crippen LogP contribution in [0.15, 0.2) is 18.2 Å². The fourth-order valence-electron chi connectivity index (χ4n) is 2.11. The van der Waals surface area contributed by atoms with E-state index in [-0.39, 0.29) is 5.75 Å². The second kappa shape index (κ2) is 5.00. The lowest BCUT2D eigenvalue weighted by Crippen LogP contribution is -2.41.